The highest BCUT2D eigenvalue weighted by atomic mass is 35.5. The van der Waals surface area contributed by atoms with Gasteiger partial charge in [-0.25, -0.2) is 9.78 Å². The molecular formula is C29H25ClN2O3. The summed E-state index contributed by atoms with van der Waals surface area (Å²) < 4.78 is 7.41. The lowest BCUT2D eigenvalue weighted by Crippen LogP contribution is -2.15. The number of carboxylic acid groups (broad SMARTS) is 1. The van der Waals surface area contributed by atoms with Crippen molar-refractivity contribution in [1.82, 2.24) is 9.38 Å². The Balaban J connectivity index is 1.74. The number of aromatic nitrogens is 2. The third kappa shape index (κ3) is 4.73. The topological polar surface area (TPSA) is 63.8 Å². The van der Waals surface area contributed by atoms with Crippen LogP contribution in [-0.4, -0.2) is 27.6 Å². The van der Waals surface area contributed by atoms with Crippen LogP contribution in [0.4, 0.5) is 0 Å². The van der Waals surface area contributed by atoms with Gasteiger partial charge in [-0.1, -0.05) is 42.3 Å². The number of rotatable bonds is 7. The average Bonchev–Trinajstić information content (AvgIpc) is 3.30. The maximum Gasteiger partial charge on any atom is 0.328 e. The van der Waals surface area contributed by atoms with Gasteiger partial charge in [0.05, 0.1) is 12.1 Å². The van der Waals surface area contributed by atoms with Crippen LogP contribution >= 0.6 is 11.6 Å². The number of carbonyl (C=O) groups is 1. The quantitative estimate of drug-likeness (QED) is 0.230. The van der Waals surface area contributed by atoms with Gasteiger partial charge in [0.2, 0.25) is 0 Å². The summed E-state index contributed by atoms with van der Waals surface area (Å²) in [5.41, 5.74) is 7.17. The smallest absolute Gasteiger partial charge is 0.328 e. The molecule has 1 saturated carbocycles. The lowest BCUT2D eigenvalue weighted by Gasteiger charge is -2.32. The van der Waals surface area contributed by atoms with E-state index >= 15 is 0 Å². The van der Waals surface area contributed by atoms with Gasteiger partial charge in [0.1, 0.15) is 11.4 Å². The number of fused-ring (bicyclic) bond motifs is 1. The summed E-state index contributed by atoms with van der Waals surface area (Å²) in [5.74, 6) is 0.147. The molecule has 0 atom stereocenters. The van der Waals surface area contributed by atoms with E-state index in [-0.39, 0.29) is 0 Å². The van der Waals surface area contributed by atoms with Gasteiger partial charge in [0.15, 0.2) is 0 Å². The van der Waals surface area contributed by atoms with Gasteiger partial charge in [0.25, 0.3) is 0 Å². The Morgan fingerprint density at radius 1 is 1.11 bits per heavy atom. The third-order valence-corrected chi connectivity index (χ3v) is 6.86. The second-order valence-electron chi connectivity index (χ2n) is 8.67. The van der Waals surface area contributed by atoms with Crippen LogP contribution in [0.1, 0.15) is 41.5 Å². The van der Waals surface area contributed by atoms with Crippen LogP contribution in [0, 0.1) is 5.92 Å². The van der Waals surface area contributed by atoms with E-state index in [1.54, 1.807) is 19.4 Å². The number of halogens is 1. The molecule has 0 bridgehead atoms. The van der Waals surface area contributed by atoms with E-state index < -0.39 is 5.97 Å². The van der Waals surface area contributed by atoms with Crippen LogP contribution in [0.5, 0.6) is 5.75 Å². The molecule has 0 spiro atoms. The highest BCUT2D eigenvalue weighted by Crippen LogP contribution is 2.47. The fourth-order valence-corrected chi connectivity index (χ4v) is 4.84. The number of carboxylic acids is 1. The molecule has 0 amide bonds. The number of nitrogens with zero attached hydrogens (tertiary/aromatic N) is 2. The van der Waals surface area contributed by atoms with E-state index in [9.17, 15) is 4.79 Å². The molecule has 5 nitrogen and oxygen atoms in total. The number of benzene rings is 2. The van der Waals surface area contributed by atoms with Gasteiger partial charge in [0, 0.05) is 24.7 Å². The number of ether oxygens (including phenoxy) is 1. The Hall–Kier alpha value is -3.83. The number of methoxy groups -OCH3 is 1. The first-order valence-electron chi connectivity index (χ1n) is 11.6. The maximum atomic E-state index is 10.9. The highest BCUT2D eigenvalue weighted by Gasteiger charge is 2.28. The van der Waals surface area contributed by atoms with Crippen molar-refractivity contribution in [3.05, 3.63) is 107 Å². The van der Waals surface area contributed by atoms with Crippen LogP contribution in [-0.2, 0) is 4.79 Å². The first-order chi connectivity index (χ1) is 17.0. The Labute approximate surface area is 209 Å². The summed E-state index contributed by atoms with van der Waals surface area (Å²) >= 11 is 6.83. The number of pyridine rings is 1. The summed E-state index contributed by atoms with van der Waals surface area (Å²) in [6.45, 7) is 0. The lowest BCUT2D eigenvalue weighted by atomic mass is 9.73. The zero-order chi connectivity index (χ0) is 24.4. The molecule has 2 aromatic heterocycles. The summed E-state index contributed by atoms with van der Waals surface area (Å²) in [6, 6.07) is 18.0. The minimum Gasteiger partial charge on any atom is -0.497 e. The second-order valence-corrected chi connectivity index (χ2v) is 9.07. The van der Waals surface area contributed by atoms with E-state index in [0.29, 0.717) is 10.9 Å². The molecule has 176 valence electrons. The second kappa shape index (κ2) is 9.80. The van der Waals surface area contributed by atoms with Crippen LogP contribution in [0.25, 0.3) is 22.9 Å². The maximum absolute atomic E-state index is 10.9. The fraction of sp³-hybridized carbons (Fsp3) is 0.172. The molecule has 1 fully saturated rings. The summed E-state index contributed by atoms with van der Waals surface area (Å²) in [4.78, 5) is 15.3. The van der Waals surface area contributed by atoms with Crippen molar-refractivity contribution in [2.45, 2.75) is 19.3 Å². The predicted molar refractivity (Wildman–Crippen MR) is 140 cm³/mol. The molecule has 6 heteroatoms. The van der Waals surface area contributed by atoms with Crippen molar-refractivity contribution in [2.24, 2.45) is 5.92 Å². The normalized spacial score (nSPS) is 14.7. The van der Waals surface area contributed by atoms with Gasteiger partial charge in [-0.05, 0) is 88.6 Å². The summed E-state index contributed by atoms with van der Waals surface area (Å²) in [7, 11) is 1.64. The fourth-order valence-electron chi connectivity index (χ4n) is 4.57. The van der Waals surface area contributed by atoms with Crippen molar-refractivity contribution in [1.29, 1.82) is 0 Å². The molecule has 0 radical (unpaired) electrons. The van der Waals surface area contributed by atoms with Crippen molar-refractivity contribution < 1.29 is 14.6 Å². The van der Waals surface area contributed by atoms with Gasteiger partial charge >= 0.3 is 5.97 Å². The van der Waals surface area contributed by atoms with E-state index in [0.717, 1.165) is 58.1 Å². The van der Waals surface area contributed by atoms with Gasteiger partial charge in [-0.3, -0.25) is 0 Å². The van der Waals surface area contributed by atoms with Crippen molar-refractivity contribution >= 4 is 40.4 Å². The molecule has 4 aromatic rings. The average molecular weight is 485 g/mol. The third-order valence-electron chi connectivity index (χ3n) is 6.54. The number of hydrogen-bond donors (Lipinski definition) is 1. The van der Waals surface area contributed by atoms with E-state index in [4.69, 9.17) is 21.4 Å². The van der Waals surface area contributed by atoms with Crippen LogP contribution < -0.4 is 4.74 Å². The van der Waals surface area contributed by atoms with E-state index in [2.05, 4.69) is 23.3 Å². The molecule has 2 heterocycles. The Morgan fingerprint density at radius 3 is 2.54 bits per heavy atom. The molecule has 2 aromatic carbocycles. The molecule has 35 heavy (non-hydrogen) atoms. The predicted octanol–water partition coefficient (Wildman–Crippen LogP) is 6.85. The lowest BCUT2D eigenvalue weighted by molar-refractivity contribution is -0.131. The number of aliphatic carboxylic acids is 1. The van der Waals surface area contributed by atoms with Crippen LogP contribution in [0.2, 0.25) is 5.02 Å². The Morgan fingerprint density at radius 2 is 1.89 bits per heavy atom. The van der Waals surface area contributed by atoms with Crippen molar-refractivity contribution in [3.8, 4) is 5.75 Å². The van der Waals surface area contributed by atoms with Crippen molar-refractivity contribution in [3.63, 3.8) is 0 Å². The zero-order valence-corrected chi connectivity index (χ0v) is 20.1. The van der Waals surface area contributed by atoms with Crippen molar-refractivity contribution in [2.75, 3.05) is 7.11 Å². The Bertz CT molecular complexity index is 1450. The van der Waals surface area contributed by atoms with Crippen LogP contribution in [0.3, 0.4) is 0 Å². The number of hydrogen-bond acceptors (Lipinski definition) is 3. The van der Waals surface area contributed by atoms with Gasteiger partial charge in [-0.15, -0.1) is 0 Å². The Kier molecular flexibility index (Phi) is 6.43. The monoisotopic (exact) mass is 484 g/mol. The molecule has 1 N–H and O–H groups in total. The minimum atomic E-state index is -0.968. The number of allylic oxidation sites excluding steroid dienone is 1. The van der Waals surface area contributed by atoms with Crippen LogP contribution in [0.15, 0.2) is 79.3 Å². The summed E-state index contributed by atoms with van der Waals surface area (Å²) in [6.07, 6.45) is 12.0. The van der Waals surface area contributed by atoms with E-state index in [1.807, 2.05) is 53.1 Å². The molecule has 0 unspecified atom stereocenters. The first kappa shape index (κ1) is 22.9. The zero-order valence-electron chi connectivity index (χ0n) is 19.3. The minimum absolute atomic E-state index is 0.390. The SMILES string of the molecule is COc1ccc(/C(=C(\c2ccc(/C=C/C(=O)O)cc2)c2ccc3nccn3c2)C2CCC2)c(Cl)c1. The summed E-state index contributed by atoms with van der Waals surface area (Å²) in [5, 5.41) is 9.63. The molecule has 0 aliphatic heterocycles. The first-order valence-corrected chi connectivity index (χ1v) is 11.9. The molecular weight excluding hydrogens is 460 g/mol. The highest BCUT2D eigenvalue weighted by molar-refractivity contribution is 6.33. The molecule has 5 rings (SSSR count). The molecule has 1 aliphatic carbocycles. The van der Waals surface area contributed by atoms with Gasteiger partial charge in [-0.2, -0.15) is 0 Å². The van der Waals surface area contributed by atoms with E-state index in [1.165, 1.54) is 12.0 Å². The molecule has 0 saturated heterocycles. The van der Waals surface area contributed by atoms with Gasteiger partial charge < -0.3 is 14.2 Å². The molecule has 1 aliphatic rings. The standard InChI is InChI=1S/C29H25ClN2O3/c1-35-23-11-12-24(25(30)17-23)29(20-3-2-4-20)28(22-10-13-26-31-15-16-32(26)18-22)21-8-5-19(6-9-21)7-14-27(33)34/h5-18,20H,2-4H2,1H3,(H,33,34)/b14-7+,29-28+. The number of imidazole rings is 1. The largest absolute Gasteiger partial charge is 0.497 e.